The van der Waals surface area contributed by atoms with Gasteiger partial charge in [0.15, 0.2) is 6.29 Å². The van der Waals surface area contributed by atoms with Gasteiger partial charge < -0.3 is 34.6 Å². The van der Waals surface area contributed by atoms with E-state index < -0.39 is 37.3 Å². The molecule has 4 N–H and O–H groups in total. The van der Waals surface area contributed by atoms with Crippen LogP contribution in [0.5, 0.6) is 5.75 Å². The third-order valence-corrected chi connectivity index (χ3v) is 5.76. The standard InChI is InChI=1S/C24H35NO7/c1-16-8-9-17-14-18(10-11-19(17)25-16)30-12-6-4-2-3-5-7-13-31-23-21(27)20(15-26)32-24(29)22(23)28/h8-11,14,20-24,26-29H,2-7,12-13,15H2,1H3/t20-,21-,22-,23+,24?/m1/s1. The van der Waals surface area contributed by atoms with Crippen LogP contribution in [0.4, 0.5) is 0 Å². The summed E-state index contributed by atoms with van der Waals surface area (Å²) in [6.07, 6.45) is 0.0632. The Morgan fingerprint density at radius 1 is 0.906 bits per heavy atom. The highest BCUT2D eigenvalue weighted by Gasteiger charge is 2.44. The molecule has 1 fully saturated rings. The molecule has 1 saturated heterocycles. The highest BCUT2D eigenvalue weighted by molar-refractivity contribution is 5.80. The predicted octanol–water partition coefficient (Wildman–Crippen LogP) is 2.08. The van der Waals surface area contributed by atoms with E-state index in [1.807, 2.05) is 31.2 Å². The molecule has 1 aromatic heterocycles. The summed E-state index contributed by atoms with van der Waals surface area (Å²) >= 11 is 0. The SMILES string of the molecule is Cc1ccc2cc(OCCCCCCCCO[C@H]3[C@H](O)[C@@H](CO)OC(O)[C@@H]3O)ccc2n1. The van der Waals surface area contributed by atoms with Gasteiger partial charge in [-0.25, -0.2) is 0 Å². The van der Waals surface area contributed by atoms with Gasteiger partial charge in [-0.15, -0.1) is 0 Å². The fourth-order valence-electron chi connectivity index (χ4n) is 3.88. The topological polar surface area (TPSA) is 122 Å². The summed E-state index contributed by atoms with van der Waals surface area (Å²) in [4.78, 5) is 4.50. The third kappa shape index (κ3) is 6.84. The van der Waals surface area contributed by atoms with Gasteiger partial charge in [-0.2, -0.15) is 0 Å². The van der Waals surface area contributed by atoms with Crippen molar-refractivity contribution >= 4 is 10.9 Å². The average molecular weight is 450 g/mol. The van der Waals surface area contributed by atoms with Crippen LogP contribution >= 0.6 is 0 Å². The Hall–Kier alpha value is -1.81. The fourth-order valence-corrected chi connectivity index (χ4v) is 3.88. The van der Waals surface area contributed by atoms with E-state index >= 15 is 0 Å². The Bertz CT molecular complexity index is 833. The molecular weight excluding hydrogens is 414 g/mol. The van der Waals surface area contributed by atoms with Crippen molar-refractivity contribution in [2.45, 2.75) is 76.2 Å². The number of aliphatic hydroxyl groups is 4. The normalized spacial score (nSPS) is 25.8. The summed E-state index contributed by atoms with van der Waals surface area (Å²) in [5.74, 6) is 0.867. The Morgan fingerprint density at radius 3 is 2.38 bits per heavy atom. The number of aryl methyl sites for hydroxylation is 1. The fraction of sp³-hybridized carbons (Fsp3) is 0.625. The maximum absolute atomic E-state index is 10.1. The first-order chi connectivity index (χ1) is 15.5. The van der Waals surface area contributed by atoms with Crippen molar-refractivity contribution in [2.75, 3.05) is 19.8 Å². The van der Waals surface area contributed by atoms with Gasteiger partial charge in [0.1, 0.15) is 30.2 Å². The van der Waals surface area contributed by atoms with Gasteiger partial charge >= 0.3 is 0 Å². The molecule has 0 spiro atoms. The summed E-state index contributed by atoms with van der Waals surface area (Å²) in [5, 5.41) is 39.9. The van der Waals surface area contributed by atoms with Crippen LogP contribution in [0, 0.1) is 6.92 Å². The summed E-state index contributed by atoms with van der Waals surface area (Å²) in [5.41, 5.74) is 1.98. The van der Waals surface area contributed by atoms with E-state index in [0.717, 1.165) is 60.9 Å². The highest BCUT2D eigenvalue weighted by Crippen LogP contribution is 2.23. The Labute approximate surface area is 188 Å². The molecule has 5 atom stereocenters. The predicted molar refractivity (Wildman–Crippen MR) is 119 cm³/mol. The van der Waals surface area contributed by atoms with Gasteiger partial charge in [0.05, 0.1) is 18.7 Å². The molecule has 1 aromatic carbocycles. The molecule has 2 aromatic rings. The van der Waals surface area contributed by atoms with Gasteiger partial charge in [0, 0.05) is 17.7 Å². The lowest BCUT2D eigenvalue weighted by Gasteiger charge is -2.39. The molecule has 8 heteroatoms. The monoisotopic (exact) mass is 449 g/mol. The van der Waals surface area contributed by atoms with Crippen LogP contribution in [0.1, 0.15) is 44.2 Å². The van der Waals surface area contributed by atoms with E-state index in [-0.39, 0.29) is 0 Å². The maximum atomic E-state index is 10.1. The van der Waals surface area contributed by atoms with E-state index in [2.05, 4.69) is 11.1 Å². The number of aromatic nitrogens is 1. The highest BCUT2D eigenvalue weighted by atomic mass is 16.6. The molecule has 0 radical (unpaired) electrons. The number of hydrogen-bond donors (Lipinski definition) is 4. The average Bonchev–Trinajstić information content (AvgIpc) is 2.79. The lowest BCUT2D eigenvalue weighted by Crippen LogP contribution is -2.59. The number of pyridine rings is 1. The molecule has 1 aliphatic rings. The second kappa shape index (κ2) is 12.4. The van der Waals surface area contributed by atoms with Crippen molar-refractivity contribution in [3.8, 4) is 5.75 Å². The molecule has 32 heavy (non-hydrogen) atoms. The van der Waals surface area contributed by atoms with Gasteiger partial charge in [0.2, 0.25) is 0 Å². The number of nitrogens with zero attached hydrogens (tertiary/aromatic N) is 1. The molecule has 0 amide bonds. The third-order valence-electron chi connectivity index (χ3n) is 5.76. The van der Waals surface area contributed by atoms with Crippen molar-refractivity contribution in [1.29, 1.82) is 0 Å². The van der Waals surface area contributed by atoms with Gasteiger partial charge in [-0.3, -0.25) is 4.98 Å². The van der Waals surface area contributed by atoms with Crippen LogP contribution < -0.4 is 4.74 Å². The lowest BCUT2D eigenvalue weighted by molar-refractivity contribution is -0.294. The van der Waals surface area contributed by atoms with E-state index in [4.69, 9.17) is 14.2 Å². The molecule has 0 aliphatic carbocycles. The van der Waals surface area contributed by atoms with E-state index in [1.165, 1.54) is 0 Å². The Kier molecular flexibility index (Phi) is 9.65. The molecule has 1 unspecified atom stereocenters. The number of ether oxygens (including phenoxy) is 3. The Morgan fingerprint density at radius 2 is 1.62 bits per heavy atom. The molecule has 1 aliphatic heterocycles. The van der Waals surface area contributed by atoms with Crippen LogP contribution in [0.15, 0.2) is 30.3 Å². The number of unbranched alkanes of at least 4 members (excludes halogenated alkanes) is 5. The first-order valence-corrected chi connectivity index (χ1v) is 11.4. The van der Waals surface area contributed by atoms with Crippen LogP contribution in [0.2, 0.25) is 0 Å². The second-order valence-electron chi connectivity index (χ2n) is 8.34. The minimum Gasteiger partial charge on any atom is -0.494 e. The quantitative estimate of drug-likeness (QED) is 0.364. The molecule has 0 bridgehead atoms. The van der Waals surface area contributed by atoms with Gasteiger partial charge in [0.25, 0.3) is 0 Å². The largest absolute Gasteiger partial charge is 0.494 e. The lowest BCUT2D eigenvalue weighted by atomic mass is 9.99. The number of rotatable bonds is 12. The van der Waals surface area contributed by atoms with Crippen molar-refractivity contribution in [2.24, 2.45) is 0 Å². The number of hydrogen-bond acceptors (Lipinski definition) is 8. The minimum absolute atomic E-state index is 0.364. The molecule has 3 rings (SSSR count). The number of benzene rings is 1. The van der Waals surface area contributed by atoms with Crippen molar-refractivity contribution in [3.63, 3.8) is 0 Å². The van der Waals surface area contributed by atoms with E-state index in [0.29, 0.717) is 13.2 Å². The van der Waals surface area contributed by atoms with Crippen molar-refractivity contribution in [1.82, 2.24) is 4.98 Å². The molecule has 178 valence electrons. The van der Waals surface area contributed by atoms with Crippen molar-refractivity contribution < 1.29 is 34.6 Å². The van der Waals surface area contributed by atoms with Gasteiger partial charge in [-0.1, -0.05) is 31.7 Å². The summed E-state index contributed by atoms with van der Waals surface area (Å²) in [6, 6.07) is 10.0. The number of fused-ring (bicyclic) bond motifs is 1. The van der Waals surface area contributed by atoms with Crippen molar-refractivity contribution in [3.05, 3.63) is 36.0 Å². The molecule has 2 heterocycles. The van der Waals surface area contributed by atoms with E-state index in [9.17, 15) is 20.4 Å². The van der Waals surface area contributed by atoms with E-state index in [1.54, 1.807) is 0 Å². The zero-order valence-electron chi connectivity index (χ0n) is 18.6. The van der Waals surface area contributed by atoms with Crippen LogP contribution in [-0.2, 0) is 9.47 Å². The Balaban J connectivity index is 1.23. The smallest absolute Gasteiger partial charge is 0.184 e. The van der Waals surface area contributed by atoms with Crippen LogP contribution in [0.25, 0.3) is 10.9 Å². The van der Waals surface area contributed by atoms with Gasteiger partial charge in [-0.05, 0) is 44.0 Å². The summed E-state index contributed by atoms with van der Waals surface area (Å²) in [6.45, 7) is 2.58. The first-order valence-electron chi connectivity index (χ1n) is 11.4. The number of aliphatic hydroxyl groups excluding tert-OH is 4. The summed E-state index contributed by atoms with van der Waals surface area (Å²) in [7, 11) is 0. The zero-order valence-corrected chi connectivity index (χ0v) is 18.6. The maximum Gasteiger partial charge on any atom is 0.184 e. The van der Waals surface area contributed by atoms with Crippen LogP contribution in [0.3, 0.4) is 0 Å². The van der Waals surface area contributed by atoms with Crippen LogP contribution in [-0.4, -0.2) is 75.9 Å². The molecular formula is C24H35NO7. The summed E-state index contributed by atoms with van der Waals surface area (Å²) < 4.78 is 16.4. The first kappa shape index (κ1) is 24.8. The molecule has 0 saturated carbocycles. The molecule has 8 nitrogen and oxygen atoms in total. The second-order valence-corrected chi connectivity index (χ2v) is 8.34. The minimum atomic E-state index is -1.47. The zero-order chi connectivity index (χ0) is 22.9.